The van der Waals surface area contributed by atoms with Gasteiger partial charge in [0.2, 0.25) is 0 Å². The SMILES string of the molecule is CCCOc1ccc(C(=O)Nc2ccccc2-c2n[nH]c(C(C)C)n2)cc1OCCC. The predicted octanol–water partition coefficient (Wildman–Crippen LogP) is 5.43. The molecular weight excluding hydrogens is 392 g/mol. The number of nitrogens with one attached hydrogen (secondary N) is 2. The molecule has 0 saturated carbocycles. The summed E-state index contributed by atoms with van der Waals surface area (Å²) in [7, 11) is 0. The van der Waals surface area contributed by atoms with E-state index in [9.17, 15) is 4.79 Å². The summed E-state index contributed by atoms with van der Waals surface area (Å²) in [5, 5.41) is 10.3. The lowest BCUT2D eigenvalue weighted by Gasteiger charge is -2.14. The number of carbonyl (C=O) groups is 1. The molecule has 7 nitrogen and oxygen atoms in total. The third-order valence-corrected chi connectivity index (χ3v) is 4.60. The zero-order valence-electron chi connectivity index (χ0n) is 18.6. The number of aromatic amines is 1. The first kappa shape index (κ1) is 22.3. The number of benzene rings is 2. The number of nitrogens with zero attached hydrogens (tertiary/aromatic N) is 2. The standard InChI is InChI=1S/C24H30N4O3/c1-5-13-30-20-12-11-17(15-21(20)31-14-6-2)24(29)25-19-10-8-7-9-18(19)23-26-22(16(3)4)27-28-23/h7-12,15-16H,5-6,13-14H2,1-4H3,(H,25,29)(H,26,27,28). The molecule has 0 radical (unpaired) electrons. The monoisotopic (exact) mass is 422 g/mol. The summed E-state index contributed by atoms with van der Waals surface area (Å²) < 4.78 is 11.6. The summed E-state index contributed by atoms with van der Waals surface area (Å²) >= 11 is 0. The van der Waals surface area contributed by atoms with Crippen LogP contribution in [0, 0.1) is 0 Å². The zero-order valence-corrected chi connectivity index (χ0v) is 18.6. The number of amides is 1. The fourth-order valence-corrected chi connectivity index (χ4v) is 2.94. The number of hydrogen-bond acceptors (Lipinski definition) is 5. The van der Waals surface area contributed by atoms with Gasteiger partial charge in [0.05, 0.1) is 18.9 Å². The van der Waals surface area contributed by atoms with Crippen LogP contribution in [0.4, 0.5) is 5.69 Å². The summed E-state index contributed by atoms with van der Waals surface area (Å²) in [4.78, 5) is 17.6. The summed E-state index contributed by atoms with van der Waals surface area (Å²) in [5.41, 5.74) is 1.89. The minimum Gasteiger partial charge on any atom is -0.490 e. The van der Waals surface area contributed by atoms with E-state index < -0.39 is 0 Å². The van der Waals surface area contributed by atoms with Gasteiger partial charge in [-0.15, -0.1) is 0 Å². The van der Waals surface area contributed by atoms with Gasteiger partial charge in [0.15, 0.2) is 17.3 Å². The van der Waals surface area contributed by atoms with Crippen molar-refractivity contribution < 1.29 is 14.3 Å². The van der Waals surface area contributed by atoms with Gasteiger partial charge in [-0.1, -0.05) is 39.8 Å². The highest BCUT2D eigenvalue weighted by molar-refractivity contribution is 6.06. The number of rotatable bonds is 10. The molecule has 2 N–H and O–H groups in total. The smallest absolute Gasteiger partial charge is 0.255 e. The molecule has 0 aliphatic heterocycles. The highest BCUT2D eigenvalue weighted by atomic mass is 16.5. The summed E-state index contributed by atoms with van der Waals surface area (Å²) in [6.45, 7) is 9.32. The molecule has 1 amide bonds. The van der Waals surface area contributed by atoms with Gasteiger partial charge in [0.1, 0.15) is 5.82 Å². The Morgan fingerprint density at radius 1 is 1.03 bits per heavy atom. The Morgan fingerprint density at radius 3 is 2.42 bits per heavy atom. The molecule has 0 fully saturated rings. The highest BCUT2D eigenvalue weighted by Gasteiger charge is 2.16. The van der Waals surface area contributed by atoms with E-state index in [1.54, 1.807) is 18.2 Å². The number of aromatic nitrogens is 3. The van der Waals surface area contributed by atoms with Gasteiger partial charge < -0.3 is 14.8 Å². The molecular formula is C24H30N4O3. The van der Waals surface area contributed by atoms with Crippen LogP contribution in [0.25, 0.3) is 11.4 Å². The van der Waals surface area contributed by atoms with Gasteiger partial charge >= 0.3 is 0 Å². The van der Waals surface area contributed by atoms with Crippen molar-refractivity contribution in [3.05, 3.63) is 53.9 Å². The number of ether oxygens (including phenoxy) is 2. The van der Waals surface area contributed by atoms with Crippen LogP contribution in [0.5, 0.6) is 11.5 Å². The van der Waals surface area contributed by atoms with Crippen molar-refractivity contribution in [1.82, 2.24) is 15.2 Å². The maximum Gasteiger partial charge on any atom is 0.255 e. The van der Waals surface area contributed by atoms with Gasteiger partial charge in [0.25, 0.3) is 5.91 Å². The van der Waals surface area contributed by atoms with Crippen LogP contribution >= 0.6 is 0 Å². The van der Waals surface area contributed by atoms with Gasteiger partial charge in [-0.25, -0.2) is 4.98 Å². The minimum absolute atomic E-state index is 0.234. The first-order valence-electron chi connectivity index (χ1n) is 10.8. The van der Waals surface area contributed by atoms with Crippen LogP contribution < -0.4 is 14.8 Å². The van der Waals surface area contributed by atoms with Crippen LogP contribution in [-0.2, 0) is 0 Å². The topological polar surface area (TPSA) is 89.1 Å². The van der Waals surface area contributed by atoms with E-state index in [1.165, 1.54) is 0 Å². The molecule has 0 bridgehead atoms. The minimum atomic E-state index is -0.240. The van der Waals surface area contributed by atoms with Crippen molar-refractivity contribution in [3.63, 3.8) is 0 Å². The lowest BCUT2D eigenvalue weighted by molar-refractivity contribution is 0.102. The van der Waals surface area contributed by atoms with E-state index in [-0.39, 0.29) is 11.8 Å². The average molecular weight is 423 g/mol. The van der Waals surface area contributed by atoms with Crippen molar-refractivity contribution in [3.8, 4) is 22.9 Å². The summed E-state index contributed by atoms with van der Waals surface area (Å²) in [6, 6.07) is 12.7. The third-order valence-electron chi connectivity index (χ3n) is 4.60. The summed E-state index contributed by atoms with van der Waals surface area (Å²) in [5.74, 6) is 2.57. The Labute approximate surface area is 183 Å². The molecule has 1 heterocycles. The molecule has 2 aromatic carbocycles. The Morgan fingerprint density at radius 2 is 1.74 bits per heavy atom. The van der Waals surface area contributed by atoms with Crippen LogP contribution in [-0.4, -0.2) is 34.3 Å². The Bertz CT molecular complexity index is 1010. The number of hydrogen-bond donors (Lipinski definition) is 2. The van der Waals surface area contributed by atoms with E-state index in [2.05, 4.69) is 20.5 Å². The second-order valence-electron chi connectivity index (χ2n) is 7.56. The second-order valence-corrected chi connectivity index (χ2v) is 7.56. The number of para-hydroxylation sites is 1. The summed E-state index contributed by atoms with van der Waals surface area (Å²) in [6.07, 6.45) is 1.76. The van der Waals surface area contributed by atoms with E-state index >= 15 is 0 Å². The molecule has 7 heteroatoms. The average Bonchev–Trinajstić information content (AvgIpc) is 3.27. The molecule has 31 heavy (non-hydrogen) atoms. The van der Waals surface area contributed by atoms with E-state index in [0.29, 0.717) is 41.8 Å². The maximum atomic E-state index is 13.0. The first-order valence-corrected chi connectivity index (χ1v) is 10.8. The normalized spacial score (nSPS) is 10.9. The third kappa shape index (κ3) is 5.63. The van der Waals surface area contributed by atoms with Gasteiger partial charge in [-0.05, 0) is 43.2 Å². The molecule has 3 aromatic rings. The highest BCUT2D eigenvalue weighted by Crippen LogP contribution is 2.30. The van der Waals surface area contributed by atoms with Crippen molar-refractivity contribution in [1.29, 1.82) is 0 Å². The van der Waals surface area contributed by atoms with Gasteiger partial charge in [0, 0.05) is 17.0 Å². The Balaban J connectivity index is 1.84. The molecule has 0 spiro atoms. The molecule has 0 atom stereocenters. The maximum absolute atomic E-state index is 13.0. The molecule has 0 saturated heterocycles. The van der Waals surface area contributed by atoms with Crippen LogP contribution in [0.3, 0.4) is 0 Å². The molecule has 1 aromatic heterocycles. The number of carbonyl (C=O) groups excluding carboxylic acids is 1. The Hall–Kier alpha value is -3.35. The van der Waals surface area contributed by atoms with E-state index in [1.807, 2.05) is 52.0 Å². The Kier molecular flexibility index (Phi) is 7.65. The largest absolute Gasteiger partial charge is 0.490 e. The van der Waals surface area contributed by atoms with Crippen LogP contribution in [0.2, 0.25) is 0 Å². The molecule has 0 unspecified atom stereocenters. The van der Waals surface area contributed by atoms with Crippen LogP contribution in [0.15, 0.2) is 42.5 Å². The fraction of sp³-hybridized carbons (Fsp3) is 0.375. The lowest BCUT2D eigenvalue weighted by Crippen LogP contribution is -2.13. The number of anilines is 1. The van der Waals surface area contributed by atoms with Crippen molar-refractivity contribution in [2.45, 2.75) is 46.5 Å². The zero-order chi connectivity index (χ0) is 22.2. The van der Waals surface area contributed by atoms with Crippen molar-refractivity contribution in [2.75, 3.05) is 18.5 Å². The predicted molar refractivity (Wildman–Crippen MR) is 122 cm³/mol. The van der Waals surface area contributed by atoms with Gasteiger partial charge in [-0.3, -0.25) is 9.89 Å². The molecule has 3 rings (SSSR count). The van der Waals surface area contributed by atoms with Gasteiger partial charge in [-0.2, -0.15) is 5.10 Å². The quantitative estimate of drug-likeness (QED) is 0.455. The second kappa shape index (κ2) is 10.6. The van der Waals surface area contributed by atoms with E-state index in [0.717, 1.165) is 24.2 Å². The van der Waals surface area contributed by atoms with Crippen molar-refractivity contribution in [2.24, 2.45) is 0 Å². The molecule has 0 aliphatic carbocycles. The molecule has 164 valence electrons. The van der Waals surface area contributed by atoms with Crippen molar-refractivity contribution >= 4 is 11.6 Å². The number of H-pyrrole nitrogens is 1. The lowest BCUT2D eigenvalue weighted by atomic mass is 10.1. The van der Waals surface area contributed by atoms with E-state index in [4.69, 9.17) is 9.47 Å². The molecule has 0 aliphatic rings. The fourth-order valence-electron chi connectivity index (χ4n) is 2.94. The van der Waals surface area contributed by atoms with Crippen LogP contribution in [0.1, 0.15) is 62.6 Å². The first-order chi connectivity index (χ1) is 15.0.